The number of aromatic nitrogens is 1. The number of hydrogen-bond donors (Lipinski definition) is 0. The van der Waals surface area contributed by atoms with E-state index in [0.29, 0.717) is 29.3 Å². The van der Waals surface area contributed by atoms with E-state index >= 15 is 0 Å². The highest BCUT2D eigenvalue weighted by Gasteiger charge is 2.30. The Morgan fingerprint density at radius 3 is 2.18 bits per heavy atom. The maximum Gasteiger partial charge on any atom is 0.254 e. The molecule has 1 saturated heterocycles. The first-order valence-corrected chi connectivity index (χ1v) is 10.8. The van der Waals surface area contributed by atoms with Gasteiger partial charge >= 0.3 is 0 Å². The average Bonchev–Trinajstić information content (AvgIpc) is 2.73. The van der Waals surface area contributed by atoms with Crippen molar-refractivity contribution in [2.24, 2.45) is 0 Å². The first-order chi connectivity index (χ1) is 13.3. The van der Waals surface area contributed by atoms with Crippen LogP contribution in [0.5, 0.6) is 0 Å². The Labute approximate surface area is 165 Å². The van der Waals surface area contributed by atoms with Gasteiger partial charge < -0.3 is 10.1 Å². The number of rotatable bonds is 5. The third-order valence-electron chi connectivity index (χ3n) is 5.27. The van der Waals surface area contributed by atoms with Gasteiger partial charge in [-0.15, -0.1) is 0 Å². The first kappa shape index (κ1) is 20.3. The summed E-state index contributed by atoms with van der Waals surface area (Å²) in [6.07, 6.45) is 3.55. The standard InChI is InChI=1S/C20H25N3O4S/c1-3-16(2)17-4-6-19(7-5-17)28(26,27)23-14-12-21(13-15-23)20(24)18-8-10-22(25)11-9-18/h4-11,16H,3,12-15H2,1-2H3. The van der Waals surface area contributed by atoms with Crippen molar-refractivity contribution < 1.29 is 17.9 Å². The number of piperazine rings is 1. The van der Waals surface area contributed by atoms with Gasteiger partial charge in [-0.2, -0.15) is 9.04 Å². The van der Waals surface area contributed by atoms with Crippen molar-refractivity contribution >= 4 is 15.9 Å². The van der Waals surface area contributed by atoms with Crippen LogP contribution in [-0.2, 0) is 10.0 Å². The maximum absolute atomic E-state index is 12.9. The van der Waals surface area contributed by atoms with Crippen LogP contribution in [0.3, 0.4) is 0 Å². The fourth-order valence-electron chi connectivity index (χ4n) is 3.22. The lowest BCUT2D eigenvalue weighted by molar-refractivity contribution is -0.605. The van der Waals surface area contributed by atoms with E-state index in [2.05, 4.69) is 13.8 Å². The molecule has 0 N–H and O–H groups in total. The zero-order valence-electron chi connectivity index (χ0n) is 16.1. The monoisotopic (exact) mass is 403 g/mol. The molecule has 1 aliphatic heterocycles. The number of amides is 1. The predicted octanol–water partition coefficient (Wildman–Crippen LogP) is 1.98. The number of carbonyl (C=O) groups is 1. The molecule has 1 unspecified atom stereocenters. The van der Waals surface area contributed by atoms with Gasteiger partial charge in [-0.1, -0.05) is 26.0 Å². The highest BCUT2D eigenvalue weighted by atomic mass is 32.2. The molecule has 0 radical (unpaired) electrons. The fourth-order valence-corrected chi connectivity index (χ4v) is 4.64. The highest BCUT2D eigenvalue weighted by Crippen LogP contribution is 2.23. The van der Waals surface area contributed by atoms with E-state index in [1.165, 1.54) is 28.8 Å². The molecule has 1 fully saturated rings. The Kier molecular flexibility index (Phi) is 6.00. The Morgan fingerprint density at radius 1 is 1.07 bits per heavy atom. The Hall–Kier alpha value is -2.45. The quantitative estimate of drug-likeness (QED) is 0.564. The van der Waals surface area contributed by atoms with Gasteiger partial charge in [-0.3, -0.25) is 4.79 Å². The molecular formula is C20H25N3O4S. The SMILES string of the molecule is CCC(C)c1ccc(S(=O)(=O)N2CCN(C(=O)c3cc[n+]([O-])cc3)CC2)cc1. The van der Waals surface area contributed by atoms with E-state index in [0.717, 1.165) is 12.0 Å². The van der Waals surface area contributed by atoms with Gasteiger partial charge in [-0.05, 0) is 30.0 Å². The minimum absolute atomic E-state index is 0.199. The molecule has 1 aromatic carbocycles. The third-order valence-corrected chi connectivity index (χ3v) is 7.19. The average molecular weight is 404 g/mol. The molecule has 2 heterocycles. The first-order valence-electron chi connectivity index (χ1n) is 9.41. The Bertz CT molecular complexity index is 919. The molecule has 0 aliphatic carbocycles. The fraction of sp³-hybridized carbons (Fsp3) is 0.400. The summed E-state index contributed by atoms with van der Waals surface area (Å²) in [6, 6.07) is 10.0. The zero-order valence-corrected chi connectivity index (χ0v) is 16.9. The van der Waals surface area contributed by atoms with Crippen LogP contribution in [0.4, 0.5) is 0 Å². The number of benzene rings is 1. The van der Waals surface area contributed by atoms with Crippen molar-refractivity contribution in [3.63, 3.8) is 0 Å². The molecule has 1 aliphatic rings. The molecule has 1 amide bonds. The van der Waals surface area contributed by atoms with E-state index in [4.69, 9.17) is 0 Å². The second kappa shape index (κ2) is 8.28. The minimum atomic E-state index is -3.58. The lowest BCUT2D eigenvalue weighted by Crippen LogP contribution is -2.50. The summed E-state index contributed by atoms with van der Waals surface area (Å²) in [6.45, 7) is 5.34. The summed E-state index contributed by atoms with van der Waals surface area (Å²) in [5, 5.41) is 11.1. The maximum atomic E-state index is 12.9. The van der Waals surface area contributed by atoms with E-state index in [9.17, 15) is 18.4 Å². The summed E-state index contributed by atoms with van der Waals surface area (Å²) in [4.78, 5) is 14.4. The zero-order chi connectivity index (χ0) is 20.3. The van der Waals surface area contributed by atoms with E-state index in [-0.39, 0.29) is 23.9 Å². The van der Waals surface area contributed by atoms with E-state index in [1.54, 1.807) is 17.0 Å². The van der Waals surface area contributed by atoms with Gasteiger partial charge in [0.15, 0.2) is 12.4 Å². The van der Waals surface area contributed by atoms with Gasteiger partial charge in [0, 0.05) is 38.3 Å². The summed E-state index contributed by atoms with van der Waals surface area (Å²) >= 11 is 0. The van der Waals surface area contributed by atoms with Gasteiger partial charge in [0.25, 0.3) is 5.91 Å². The largest absolute Gasteiger partial charge is 0.619 e. The normalized spacial score (nSPS) is 16.7. The molecule has 0 saturated carbocycles. The van der Waals surface area contributed by atoms with Gasteiger partial charge in [0.1, 0.15) is 0 Å². The lowest BCUT2D eigenvalue weighted by Gasteiger charge is -2.34. The number of sulfonamides is 1. The Morgan fingerprint density at radius 2 is 1.64 bits per heavy atom. The highest BCUT2D eigenvalue weighted by molar-refractivity contribution is 7.89. The summed E-state index contributed by atoms with van der Waals surface area (Å²) in [7, 11) is -3.58. The molecule has 3 rings (SSSR count). The summed E-state index contributed by atoms with van der Waals surface area (Å²) in [5.41, 5.74) is 1.54. The van der Waals surface area contributed by atoms with Crippen molar-refractivity contribution in [1.82, 2.24) is 9.21 Å². The number of hydrogen-bond acceptors (Lipinski definition) is 4. The second-order valence-electron chi connectivity index (χ2n) is 7.02. The Balaban J connectivity index is 1.66. The molecule has 28 heavy (non-hydrogen) atoms. The van der Waals surface area contributed by atoms with Crippen LogP contribution >= 0.6 is 0 Å². The summed E-state index contributed by atoms with van der Waals surface area (Å²) in [5.74, 6) is 0.191. The van der Waals surface area contributed by atoms with Crippen molar-refractivity contribution in [2.75, 3.05) is 26.2 Å². The molecule has 7 nitrogen and oxygen atoms in total. The van der Waals surface area contributed by atoms with Gasteiger partial charge in [-0.25, -0.2) is 8.42 Å². The number of pyridine rings is 1. The van der Waals surface area contributed by atoms with Crippen LogP contribution in [0.25, 0.3) is 0 Å². The van der Waals surface area contributed by atoms with Crippen LogP contribution in [0, 0.1) is 5.21 Å². The van der Waals surface area contributed by atoms with Gasteiger partial charge in [0.05, 0.1) is 10.5 Å². The van der Waals surface area contributed by atoms with E-state index < -0.39 is 10.0 Å². The molecule has 0 bridgehead atoms. The molecule has 8 heteroatoms. The molecular weight excluding hydrogens is 378 g/mol. The summed E-state index contributed by atoms with van der Waals surface area (Å²) < 4.78 is 27.9. The number of carbonyl (C=O) groups excluding carboxylic acids is 1. The second-order valence-corrected chi connectivity index (χ2v) is 8.96. The number of nitrogens with zero attached hydrogens (tertiary/aromatic N) is 3. The van der Waals surface area contributed by atoms with Crippen molar-refractivity contribution in [3.05, 3.63) is 65.1 Å². The minimum Gasteiger partial charge on any atom is -0.619 e. The molecule has 150 valence electrons. The van der Waals surface area contributed by atoms with Crippen LogP contribution in [0.2, 0.25) is 0 Å². The van der Waals surface area contributed by atoms with E-state index in [1.807, 2.05) is 12.1 Å². The van der Waals surface area contributed by atoms with Crippen LogP contribution < -0.4 is 4.73 Å². The predicted molar refractivity (Wildman–Crippen MR) is 105 cm³/mol. The van der Waals surface area contributed by atoms with Crippen LogP contribution in [-0.4, -0.2) is 49.7 Å². The molecule has 2 aromatic rings. The van der Waals surface area contributed by atoms with Crippen molar-refractivity contribution in [2.45, 2.75) is 31.1 Å². The molecule has 1 aromatic heterocycles. The topological polar surface area (TPSA) is 84.6 Å². The van der Waals surface area contributed by atoms with Crippen LogP contribution in [0.1, 0.15) is 42.1 Å². The molecule has 0 spiro atoms. The third kappa shape index (κ3) is 4.18. The smallest absolute Gasteiger partial charge is 0.254 e. The van der Waals surface area contributed by atoms with Crippen LogP contribution in [0.15, 0.2) is 53.7 Å². The van der Waals surface area contributed by atoms with Crippen molar-refractivity contribution in [1.29, 1.82) is 0 Å². The van der Waals surface area contributed by atoms with Crippen molar-refractivity contribution in [3.8, 4) is 0 Å². The molecule has 1 atom stereocenters. The van der Waals surface area contributed by atoms with Gasteiger partial charge in [0.2, 0.25) is 10.0 Å². The lowest BCUT2D eigenvalue weighted by atomic mass is 9.99.